The van der Waals surface area contributed by atoms with Gasteiger partial charge in [0.2, 0.25) is 0 Å². The van der Waals surface area contributed by atoms with E-state index in [1.54, 1.807) is 26.8 Å². The molecule has 5 N–H and O–H groups in total. The molecule has 0 bridgehead atoms. The van der Waals surface area contributed by atoms with Crippen molar-refractivity contribution in [3.63, 3.8) is 0 Å². The summed E-state index contributed by atoms with van der Waals surface area (Å²) in [6.45, 7) is 10.3. The van der Waals surface area contributed by atoms with Crippen LogP contribution in [0.1, 0.15) is 92.9 Å². The monoisotopic (exact) mass is 522 g/mol. The predicted octanol–water partition coefficient (Wildman–Crippen LogP) is 2.42. The lowest BCUT2D eigenvalue weighted by molar-refractivity contribution is -0.192. The molecule has 10 atom stereocenters. The van der Waals surface area contributed by atoms with Crippen molar-refractivity contribution in [3.05, 3.63) is 11.6 Å². The third-order valence-corrected chi connectivity index (χ3v) is 10.8. The minimum atomic E-state index is -1.47. The van der Waals surface area contributed by atoms with Crippen LogP contribution in [0, 0.1) is 28.6 Å². The molecular weight excluding hydrogens is 476 g/mol. The minimum Gasteiger partial charge on any atom is -0.459 e. The number of allylic oxidation sites excluding steroid dienone is 1. The number of carbonyl (C=O) groups is 2. The first kappa shape index (κ1) is 28.7. The summed E-state index contributed by atoms with van der Waals surface area (Å²) in [5, 5.41) is 55.4. The van der Waals surface area contributed by atoms with Gasteiger partial charge in [0.25, 0.3) is 0 Å². The Labute approximate surface area is 220 Å². The van der Waals surface area contributed by atoms with Crippen LogP contribution in [0.25, 0.3) is 0 Å². The Hall–Kier alpha value is -1.32. The smallest absolute Gasteiger partial charge is 0.303 e. The first-order valence-electron chi connectivity index (χ1n) is 13.8. The number of aliphatic hydroxyl groups excluding tert-OH is 2. The Balaban J connectivity index is 1.69. The molecule has 0 aliphatic heterocycles. The average molecular weight is 523 g/mol. The highest BCUT2D eigenvalue weighted by molar-refractivity contribution is 5.95. The number of ketones is 1. The molecular formula is C29H46O8. The van der Waals surface area contributed by atoms with Crippen LogP contribution in [0.3, 0.4) is 0 Å². The number of esters is 1. The average Bonchev–Trinajstić information content (AvgIpc) is 3.04. The maximum atomic E-state index is 13.4. The van der Waals surface area contributed by atoms with Gasteiger partial charge in [-0.05, 0) is 101 Å². The third kappa shape index (κ3) is 4.50. The van der Waals surface area contributed by atoms with Crippen LogP contribution in [-0.4, -0.2) is 72.4 Å². The van der Waals surface area contributed by atoms with E-state index in [9.17, 15) is 35.1 Å². The number of ether oxygens (including phenoxy) is 1. The molecule has 0 radical (unpaired) electrons. The summed E-state index contributed by atoms with van der Waals surface area (Å²) in [4.78, 5) is 25.3. The van der Waals surface area contributed by atoms with Crippen molar-refractivity contribution in [1.29, 1.82) is 0 Å². The second kappa shape index (κ2) is 9.12. The summed E-state index contributed by atoms with van der Waals surface area (Å²) < 4.78 is 5.61. The van der Waals surface area contributed by atoms with E-state index in [2.05, 4.69) is 0 Å². The molecule has 0 saturated heterocycles. The lowest BCUT2D eigenvalue weighted by Crippen LogP contribution is -2.63. The molecule has 4 aliphatic rings. The van der Waals surface area contributed by atoms with Gasteiger partial charge < -0.3 is 30.3 Å². The fraction of sp³-hybridized carbons (Fsp3) is 0.862. The van der Waals surface area contributed by atoms with Crippen molar-refractivity contribution in [2.45, 2.75) is 128 Å². The number of fused-ring (bicyclic) bond motifs is 5. The molecule has 37 heavy (non-hydrogen) atoms. The van der Waals surface area contributed by atoms with Crippen molar-refractivity contribution in [2.24, 2.45) is 28.6 Å². The normalized spacial score (nSPS) is 44.1. The fourth-order valence-corrected chi connectivity index (χ4v) is 8.69. The van der Waals surface area contributed by atoms with E-state index in [1.165, 1.54) is 6.92 Å². The molecule has 4 aliphatic carbocycles. The Kier molecular flexibility index (Phi) is 7.07. The SMILES string of the molecule is CC(=O)O[C@H](CCC(C)(C)O)[C@](C)(O)[C@H]1CC[C@@]2(O)C3=CC(=O)[C@H]4C[C@@H](O)[C@@H](O)C[C@]4(C)[C@H]3CC[C@]12C. The molecule has 0 amide bonds. The number of hydrogen-bond acceptors (Lipinski definition) is 8. The highest BCUT2D eigenvalue weighted by Gasteiger charge is 2.69. The molecule has 8 heteroatoms. The van der Waals surface area contributed by atoms with Gasteiger partial charge in [-0.1, -0.05) is 13.8 Å². The predicted molar refractivity (Wildman–Crippen MR) is 136 cm³/mol. The maximum absolute atomic E-state index is 13.4. The number of rotatable bonds is 6. The van der Waals surface area contributed by atoms with Crippen LogP contribution < -0.4 is 0 Å². The van der Waals surface area contributed by atoms with Crippen molar-refractivity contribution < 1.29 is 39.9 Å². The van der Waals surface area contributed by atoms with Crippen LogP contribution in [0.2, 0.25) is 0 Å². The summed E-state index contributed by atoms with van der Waals surface area (Å²) >= 11 is 0. The zero-order chi connectivity index (χ0) is 27.8. The molecule has 210 valence electrons. The second-order valence-corrected chi connectivity index (χ2v) is 13.8. The molecule has 0 unspecified atom stereocenters. The van der Waals surface area contributed by atoms with Crippen molar-refractivity contribution in [3.8, 4) is 0 Å². The highest BCUT2D eigenvalue weighted by Crippen LogP contribution is 2.68. The van der Waals surface area contributed by atoms with E-state index in [0.717, 1.165) is 0 Å². The first-order chi connectivity index (χ1) is 16.9. The summed E-state index contributed by atoms with van der Waals surface area (Å²) in [7, 11) is 0. The zero-order valence-corrected chi connectivity index (χ0v) is 23.2. The van der Waals surface area contributed by atoms with Gasteiger partial charge in [-0.2, -0.15) is 0 Å². The van der Waals surface area contributed by atoms with Crippen LogP contribution >= 0.6 is 0 Å². The summed E-state index contributed by atoms with van der Waals surface area (Å²) in [5.41, 5.74) is -4.45. The first-order valence-corrected chi connectivity index (χ1v) is 13.8. The van der Waals surface area contributed by atoms with Gasteiger partial charge in [-0.15, -0.1) is 0 Å². The highest BCUT2D eigenvalue weighted by atomic mass is 16.6. The maximum Gasteiger partial charge on any atom is 0.303 e. The topological polar surface area (TPSA) is 145 Å². The molecule has 0 aromatic heterocycles. The molecule has 3 fully saturated rings. The van der Waals surface area contributed by atoms with Gasteiger partial charge in [-0.3, -0.25) is 9.59 Å². The van der Waals surface area contributed by atoms with Crippen LogP contribution in [0.5, 0.6) is 0 Å². The number of aliphatic hydroxyl groups is 5. The molecule has 0 aromatic rings. The van der Waals surface area contributed by atoms with Crippen molar-refractivity contribution in [1.82, 2.24) is 0 Å². The lowest BCUT2D eigenvalue weighted by atomic mass is 9.45. The molecule has 3 saturated carbocycles. The van der Waals surface area contributed by atoms with Gasteiger partial charge in [0, 0.05) is 18.3 Å². The number of hydrogen-bond donors (Lipinski definition) is 5. The summed E-state index contributed by atoms with van der Waals surface area (Å²) in [5.74, 6) is -1.56. The van der Waals surface area contributed by atoms with Crippen molar-refractivity contribution in [2.75, 3.05) is 0 Å². The van der Waals surface area contributed by atoms with Crippen LogP contribution in [0.4, 0.5) is 0 Å². The van der Waals surface area contributed by atoms with Gasteiger partial charge in [0.15, 0.2) is 5.78 Å². The van der Waals surface area contributed by atoms with Gasteiger partial charge in [0.05, 0.1) is 23.4 Å². The van der Waals surface area contributed by atoms with Gasteiger partial charge in [-0.25, -0.2) is 0 Å². The standard InChI is InChI=1S/C29H46O8/c1-16(30)37-24(9-10-25(2,3)34)28(6,35)23-8-12-29(36)18-13-20(31)19-14-21(32)22(33)15-26(19,4)17(18)7-11-27(23,29)5/h13,17,19,21-24,32-36H,7-12,14-15H2,1-6H3/t17-,19+,21+,22-,23-,24+,26+,27+,28+,29+/m0/s1. The van der Waals surface area contributed by atoms with E-state index in [-0.39, 0.29) is 24.5 Å². The van der Waals surface area contributed by atoms with Crippen LogP contribution in [-0.2, 0) is 14.3 Å². The molecule has 8 nitrogen and oxygen atoms in total. The second-order valence-electron chi connectivity index (χ2n) is 13.8. The Morgan fingerprint density at radius 3 is 2.35 bits per heavy atom. The zero-order valence-electron chi connectivity index (χ0n) is 23.2. The van der Waals surface area contributed by atoms with Crippen molar-refractivity contribution >= 4 is 11.8 Å². The summed E-state index contributed by atoms with van der Waals surface area (Å²) in [6.07, 6.45) is 2.13. The fourth-order valence-electron chi connectivity index (χ4n) is 8.69. The van der Waals surface area contributed by atoms with Gasteiger partial charge >= 0.3 is 5.97 Å². The molecule has 0 heterocycles. The number of carbonyl (C=O) groups excluding carboxylic acids is 2. The van der Waals surface area contributed by atoms with Gasteiger partial charge in [0.1, 0.15) is 11.7 Å². The largest absolute Gasteiger partial charge is 0.459 e. The quantitative estimate of drug-likeness (QED) is 0.335. The Bertz CT molecular complexity index is 965. The lowest BCUT2D eigenvalue weighted by Gasteiger charge is -2.60. The Morgan fingerprint density at radius 2 is 1.76 bits per heavy atom. The third-order valence-electron chi connectivity index (χ3n) is 10.8. The molecule has 4 rings (SSSR count). The Morgan fingerprint density at radius 1 is 1.11 bits per heavy atom. The summed E-state index contributed by atoms with van der Waals surface area (Å²) in [6, 6.07) is 0. The van der Waals surface area contributed by atoms with E-state index >= 15 is 0 Å². The van der Waals surface area contributed by atoms with E-state index in [1.807, 2.05) is 13.8 Å². The minimum absolute atomic E-state index is 0.112. The van der Waals surface area contributed by atoms with Crippen LogP contribution in [0.15, 0.2) is 11.6 Å². The van der Waals surface area contributed by atoms with E-state index in [0.29, 0.717) is 44.1 Å². The molecule has 0 spiro atoms. The van der Waals surface area contributed by atoms with E-state index < -0.39 is 63.8 Å². The van der Waals surface area contributed by atoms with E-state index in [4.69, 9.17) is 4.74 Å². The molecule has 0 aromatic carbocycles.